The second kappa shape index (κ2) is 6.98. The zero-order valence-electron chi connectivity index (χ0n) is 14.3. The van der Waals surface area contributed by atoms with Crippen LogP contribution >= 0.6 is 0 Å². The highest BCUT2D eigenvalue weighted by Gasteiger charge is 2.33. The van der Waals surface area contributed by atoms with Crippen molar-refractivity contribution < 1.29 is 19.1 Å². The average Bonchev–Trinajstić information content (AvgIpc) is 2.38. The predicted octanol–water partition coefficient (Wildman–Crippen LogP) is 0.979. The molecule has 0 aromatic heterocycles. The van der Waals surface area contributed by atoms with E-state index in [0.29, 0.717) is 13.0 Å². The van der Waals surface area contributed by atoms with Gasteiger partial charge >= 0.3 is 6.09 Å². The second-order valence-electron chi connectivity index (χ2n) is 6.68. The normalized spacial score (nSPS) is 20.6. The Bertz CT molecular complexity index is 445. The summed E-state index contributed by atoms with van der Waals surface area (Å²) in [5.41, 5.74) is -0.621. The molecule has 1 aliphatic rings. The van der Waals surface area contributed by atoms with Crippen molar-refractivity contribution in [3.63, 3.8) is 0 Å². The molecule has 0 aliphatic carbocycles. The van der Waals surface area contributed by atoms with Crippen LogP contribution in [0.25, 0.3) is 0 Å². The molecule has 0 saturated carbocycles. The lowest BCUT2D eigenvalue weighted by atomic mass is 10.1. The molecule has 0 aromatic rings. The van der Waals surface area contributed by atoms with E-state index in [1.807, 2.05) is 6.92 Å². The second-order valence-corrected chi connectivity index (χ2v) is 6.68. The molecule has 2 unspecified atom stereocenters. The van der Waals surface area contributed by atoms with Crippen LogP contribution in [0, 0.1) is 0 Å². The first-order chi connectivity index (χ1) is 10.0. The number of nitrogens with zero attached hydrogens (tertiary/aromatic N) is 2. The molecule has 7 nitrogen and oxygen atoms in total. The summed E-state index contributed by atoms with van der Waals surface area (Å²) in [7, 11) is 1.73. The molecule has 2 atom stereocenters. The van der Waals surface area contributed by atoms with Crippen LogP contribution in [-0.4, -0.2) is 65.5 Å². The molecular formula is C15H27N3O4. The van der Waals surface area contributed by atoms with Gasteiger partial charge in [0.2, 0.25) is 11.8 Å². The maximum Gasteiger partial charge on any atom is 0.408 e. The van der Waals surface area contributed by atoms with Gasteiger partial charge in [-0.25, -0.2) is 4.79 Å². The van der Waals surface area contributed by atoms with Crippen molar-refractivity contribution in [2.24, 2.45) is 0 Å². The van der Waals surface area contributed by atoms with Crippen LogP contribution < -0.4 is 5.32 Å². The summed E-state index contributed by atoms with van der Waals surface area (Å²) in [5, 5.41) is 2.58. The smallest absolute Gasteiger partial charge is 0.408 e. The van der Waals surface area contributed by atoms with Crippen LogP contribution in [0.1, 0.15) is 41.0 Å². The Hall–Kier alpha value is -1.79. The Morgan fingerprint density at radius 1 is 1.41 bits per heavy atom. The standard InChI is InChI=1S/C15H27N3O4/c1-7-11(16-14(21)22-15(3,4)5)13(20)18-8-10(2)17(6)12(19)9-18/h10-11H,7-9H2,1-6H3,(H,16,21). The average molecular weight is 313 g/mol. The van der Waals surface area contributed by atoms with Gasteiger partial charge in [0.25, 0.3) is 0 Å². The summed E-state index contributed by atoms with van der Waals surface area (Å²) in [4.78, 5) is 39.3. The van der Waals surface area contributed by atoms with Crippen molar-refractivity contribution in [1.29, 1.82) is 0 Å². The quantitative estimate of drug-likeness (QED) is 0.842. The van der Waals surface area contributed by atoms with Gasteiger partial charge in [-0.1, -0.05) is 6.92 Å². The van der Waals surface area contributed by atoms with E-state index in [1.54, 1.807) is 39.6 Å². The van der Waals surface area contributed by atoms with Gasteiger partial charge in [0.1, 0.15) is 11.6 Å². The Balaban J connectivity index is 2.68. The first kappa shape index (κ1) is 18.3. The van der Waals surface area contributed by atoms with E-state index in [-0.39, 0.29) is 24.4 Å². The Morgan fingerprint density at radius 2 is 2.00 bits per heavy atom. The summed E-state index contributed by atoms with van der Waals surface area (Å²) in [6, 6.07) is -0.720. The van der Waals surface area contributed by atoms with Crippen molar-refractivity contribution in [1.82, 2.24) is 15.1 Å². The maximum absolute atomic E-state index is 12.5. The van der Waals surface area contributed by atoms with Crippen molar-refractivity contribution in [2.75, 3.05) is 20.1 Å². The van der Waals surface area contributed by atoms with Gasteiger partial charge in [0.05, 0.1) is 6.54 Å². The molecule has 1 rings (SSSR count). The third-order valence-corrected chi connectivity index (χ3v) is 3.57. The molecule has 126 valence electrons. The van der Waals surface area contributed by atoms with Crippen LogP contribution in [0.3, 0.4) is 0 Å². The van der Waals surface area contributed by atoms with Gasteiger partial charge < -0.3 is 19.9 Å². The summed E-state index contributed by atoms with van der Waals surface area (Å²) in [6.45, 7) is 9.49. The van der Waals surface area contributed by atoms with E-state index in [4.69, 9.17) is 4.74 Å². The molecule has 0 radical (unpaired) electrons. The first-order valence-electron chi connectivity index (χ1n) is 7.59. The third kappa shape index (κ3) is 4.89. The third-order valence-electron chi connectivity index (χ3n) is 3.57. The number of rotatable bonds is 3. The zero-order valence-corrected chi connectivity index (χ0v) is 14.3. The number of piperazine rings is 1. The lowest BCUT2D eigenvalue weighted by molar-refractivity contribution is -0.147. The zero-order chi connectivity index (χ0) is 17.1. The SMILES string of the molecule is CCC(NC(=O)OC(C)(C)C)C(=O)N1CC(=O)N(C)C(C)C1. The molecule has 1 N–H and O–H groups in total. The molecule has 0 spiro atoms. The Morgan fingerprint density at radius 3 is 2.45 bits per heavy atom. The molecule has 7 heteroatoms. The number of likely N-dealkylation sites (N-methyl/N-ethyl adjacent to an activating group) is 1. The van der Waals surface area contributed by atoms with Crippen molar-refractivity contribution >= 4 is 17.9 Å². The largest absolute Gasteiger partial charge is 0.444 e. The van der Waals surface area contributed by atoms with Gasteiger partial charge in [-0.3, -0.25) is 9.59 Å². The highest BCUT2D eigenvalue weighted by atomic mass is 16.6. The van der Waals surface area contributed by atoms with Gasteiger partial charge in [-0.2, -0.15) is 0 Å². The predicted molar refractivity (Wildman–Crippen MR) is 82.3 cm³/mol. The van der Waals surface area contributed by atoms with Gasteiger partial charge in [0.15, 0.2) is 0 Å². The molecule has 0 aromatic carbocycles. The fraction of sp³-hybridized carbons (Fsp3) is 0.800. The number of carbonyl (C=O) groups excluding carboxylic acids is 3. The number of carbonyl (C=O) groups is 3. The van der Waals surface area contributed by atoms with E-state index in [0.717, 1.165) is 0 Å². The molecule has 3 amide bonds. The van der Waals surface area contributed by atoms with Crippen LogP contribution in [-0.2, 0) is 14.3 Å². The van der Waals surface area contributed by atoms with E-state index in [2.05, 4.69) is 5.32 Å². The van der Waals surface area contributed by atoms with Crippen molar-refractivity contribution in [2.45, 2.75) is 58.7 Å². The molecular weight excluding hydrogens is 286 g/mol. The minimum atomic E-state index is -0.682. The fourth-order valence-electron chi connectivity index (χ4n) is 2.20. The summed E-state index contributed by atoms with van der Waals surface area (Å²) < 4.78 is 5.17. The van der Waals surface area contributed by atoms with Gasteiger partial charge in [0, 0.05) is 19.6 Å². The lowest BCUT2D eigenvalue weighted by Crippen LogP contribution is -2.59. The van der Waals surface area contributed by atoms with Crippen molar-refractivity contribution in [3.8, 4) is 0 Å². The highest BCUT2D eigenvalue weighted by Crippen LogP contribution is 2.12. The molecule has 1 heterocycles. The molecule has 1 fully saturated rings. The maximum atomic E-state index is 12.5. The minimum Gasteiger partial charge on any atom is -0.444 e. The number of hydrogen-bond acceptors (Lipinski definition) is 4. The highest BCUT2D eigenvalue weighted by molar-refractivity contribution is 5.90. The lowest BCUT2D eigenvalue weighted by Gasteiger charge is -2.38. The van der Waals surface area contributed by atoms with E-state index in [1.165, 1.54) is 4.90 Å². The van der Waals surface area contributed by atoms with E-state index in [9.17, 15) is 14.4 Å². The Labute approximate surface area is 132 Å². The van der Waals surface area contributed by atoms with Gasteiger partial charge in [-0.05, 0) is 34.1 Å². The number of nitrogens with one attached hydrogen (secondary N) is 1. The van der Waals surface area contributed by atoms with Crippen LogP contribution in [0.4, 0.5) is 4.79 Å². The number of alkyl carbamates (subject to hydrolysis) is 1. The van der Waals surface area contributed by atoms with E-state index >= 15 is 0 Å². The van der Waals surface area contributed by atoms with Crippen LogP contribution in [0.15, 0.2) is 0 Å². The number of hydrogen-bond donors (Lipinski definition) is 1. The minimum absolute atomic E-state index is 0.0377. The van der Waals surface area contributed by atoms with E-state index < -0.39 is 17.7 Å². The summed E-state index contributed by atoms with van der Waals surface area (Å²) in [6.07, 6.45) is -0.186. The first-order valence-corrected chi connectivity index (χ1v) is 7.59. The fourth-order valence-corrected chi connectivity index (χ4v) is 2.20. The molecule has 1 aliphatic heterocycles. The van der Waals surface area contributed by atoms with Crippen LogP contribution in [0.2, 0.25) is 0 Å². The summed E-state index contributed by atoms with van der Waals surface area (Å²) in [5.74, 6) is -0.346. The molecule has 22 heavy (non-hydrogen) atoms. The summed E-state index contributed by atoms with van der Waals surface area (Å²) >= 11 is 0. The monoisotopic (exact) mass is 313 g/mol. The Kier molecular flexibility index (Phi) is 5.79. The number of ether oxygens (including phenoxy) is 1. The number of amides is 3. The molecule has 1 saturated heterocycles. The van der Waals surface area contributed by atoms with Crippen molar-refractivity contribution in [3.05, 3.63) is 0 Å². The topological polar surface area (TPSA) is 79.0 Å². The van der Waals surface area contributed by atoms with Crippen LogP contribution in [0.5, 0.6) is 0 Å². The van der Waals surface area contributed by atoms with Gasteiger partial charge in [-0.15, -0.1) is 0 Å². The molecule has 0 bridgehead atoms.